The van der Waals surface area contributed by atoms with Crippen LogP contribution in [0.25, 0.3) is 0 Å². The zero-order valence-electron chi connectivity index (χ0n) is 12.0. The average molecular weight is 288 g/mol. The van der Waals surface area contributed by atoms with Crippen molar-refractivity contribution >= 4 is 17.6 Å². The summed E-state index contributed by atoms with van der Waals surface area (Å²) in [6.45, 7) is 4.69. The van der Waals surface area contributed by atoms with Crippen molar-refractivity contribution in [1.82, 2.24) is 15.5 Å². The zero-order valence-corrected chi connectivity index (χ0v) is 12.0. The van der Waals surface area contributed by atoms with Crippen molar-refractivity contribution in [3.63, 3.8) is 0 Å². The van der Waals surface area contributed by atoms with Crippen LogP contribution in [0.5, 0.6) is 0 Å². The first-order valence-corrected chi connectivity index (χ1v) is 7.41. The summed E-state index contributed by atoms with van der Waals surface area (Å²) in [5, 5.41) is 6.06. The van der Waals surface area contributed by atoms with Crippen LogP contribution < -0.4 is 15.5 Å². The molecular formula is C15H20N4O2. The fraction of sp³-hybridized carbons (Fsp3) is 0.467. The summed E-state index contributed by atoms with van der Waals surface area (Å²) in [7, 11) is 0. The Labute approximate surface area is 124 Å². The molecule has 0 radical (unpaired) electrons. The van der Waals surface area contributed by atoms with Crippen LogP contribution in [0.3, 0.4) is 0 Å². The third-order valence-corrected chi connectivity index (χ3v) is 3.91. The number of anilines is 1. The number of carbonyl (C=O) groups excluding carboxylic acids is 2. The molecule has 112 valence electrons. The van der Waals surface area contributed by atoms with Gasteiger partial charge in [-0.05, 0) is 37.2 Å². The third kappa shape index (κ3) is 3.00. The molecule has 0 spiro atoms. The molecule has 6 heteroatoms. The Morgan fingerprint density at radius 3 is 2.52 bits per heavy atom. The number of hydrogen-bond donors (Lipinski definition) is 2. The number of urea groups is 1. The van der Waals surface area contributed by atoms with Gasteiger partial charge in [0.1, 0.15) is 0 Å². The molecule has 2 aliphatic rings. The van der Waals surface area contributed by atoms with Gasteiger partial charge >= 0.3 is 6.03 Å². The van der Waals surface area contributed by atoms with Crippen LogP contribution in [0, 0.1) is 0 Å². The van der Waals surface area contributed by atoms with Gasteiger partial charge in [0, 0.05) is 44.0 Å². The fourth-order valence-corrected chi connectivity index (χ4v) is 2.73. The summed E-state index contributed by atoms with van der Waals surface area (Å²) < 4.78 is 0. The first-order valence-electron chi connectivity index (χ1n) is 7.41. The molecule has 0 atom stereocenters. The second-order valence-corrected chi connectivity index (χ2v) is 5.33. The molecule has 0 aromatic heterocycles. The van der Waals surface area contributed by atoms with E-state index >= 15 is 0 Å². The number of amides is 3. The van der Waals surface area contributed by atoms with Crippen molar-refractivity contribution in [1.29, 1.82) is 0 Å². The maximum absolute atomic E-state index is 12.5. The number of rotatable bonds is 2. The Kier molecular flexibility index (Phi) is 4.06. The van der Waals surface area contributed by atoms with Gasteiger partial charge in [-0.2, -0.15) is 0 Å². The summed E-state index contributed by atoms with van der Waals surface area (Å²) in [6.07, 6.45) is 0.984. The number of nitrogens with zero attached hydrogens (tertiary/aromatic N) is 2. The van der Waals surface area contributed by atoms with Crippen molar-refractivity contribution in [2.24, 2.45) is 0 Å². The SMILES string of the molecule is O=C(c1ccc(N2CCNC2=O)cc1)N1CCCNCC1. The largest absolute Gasteiger partial charge is 0.337 e. The number of carbonyl (C=O) groups is 2. The molecule has 0 unspecified atom stereocenters. The summed E-state index contributed by atoms with van der Waals surface area (Å²) in [5.74, 6) is 0.0659. The summed E-state index contributed by atoms with van der Waals surface area (Å²) in [5.41, 5.74) is 1.51. The van der Waals surface area contributed by atoms with E-state index in [2.05, 4.69) is 10.6 Å². The lowest BCUT2D eigenvalue weighted by atomic mass is 10.1. The Bertz CT molecular complexity index is 521. The topological polar surface area (TPSA) is 64.7 Å². The van der Waals surface area contributed by atoms with Crippen LogP contribution in [0.2, 0.25) is 0 Å². The molecule has 2 N–H and O–H groups in total. The lowest BCUT2D eigenvalue weighted by Crippen LogP contribution is -2.34. The number of benzene rings is 1. The molecule has 3 rings (SSSR count). The Balaban J connectivity index is 1.71. The highest BCUT2D eigenvalue weighted by atomic mass is 16.2. The van der Waals surface area contributed by atoms with Crippen LogP contribution >= 0.6 is 0 Å². The highest BCUT2D eigenvalue weighted by Crippen LogP contribution is 2.18. The molecule has 6 nitrogen and oxygen atoms in total. The lowest BCUT2D eigenvalue weighted by Gasteiger charge is -2.20. The van der Waals surface area contributed by atoms with Gasteiger partial charge in [0.25, 0.3) is 5.91 Å². The maximum Gasteiger partial charge on any atom is 0.321 e. The molecule has 2 fully saturated rings. The average Bonchev–Trinajstić information content (AvgIpc) is 2.78. The van der Waals surface area contributed by atoms with Crippen molar-refractivity contribution in [2.75, 3.05) is 44.2 Å². The number of hydrogen-bond acceptors (Lipinski definition) is 3. The Hall–Kier alpha value is -2.08. The smallest absolute Gasteiger partial charge is 0.321 e. The van der Waals surface area contributed by atoms with Gasteiger partial charge in [0.2, 0.25) is 0 Å². The fourth-order valence-electron chi connectivity index (χ4n) is 2.73. The lowest BCUT2D eigenvalue weighted by molar-refractivity contribution is 0.0766. The predicted octanol–water partition coefficient (Wildman–Crippen LogP) is 0.652. The second kappa shape index (κ2) is 6.13. The van der Waals surface area contributed by atoms with Gasteiger partial charge in [-0.15, -0.1) is 0 Å². The van der Waals surface area contributed by atoms with E-state index in [1.807, 2.05) is 29.2 Å². The van der Waals surface area contributed by atoms with Crippen molar-refractivity contribution in [3.8, 4) is 0 Å². The molecule has 0 aliphatic carbocycles. The molecule has 2 saturated heterocycles. The Morgan fingerprint density at radius 2 is 1.81 bits per heavy atom. The normalized spacial score (nSPS) is 19.3. The molecular weight excluding hydrogens is 268 g/mol. The molecule has 2 aliphatic heterocycles. The minimum absolute atomic E-state index is 0.0659. The molecule has 3 amide bonds. The first-order chi connectivity index (χ1) is 10.3. The van der Waals surface area contributed by atoms with E-state index in [0.29, 0.717) is 18.7 Å². The third-order valence-electron chi connectivity index (χ3n) is 3.91. The van der Waals surface area contributed by atoms with Gasteiger partial charge in [0.05, 0.1) is 0 Å². The predicted molar refractivity (Wildman–Crippen MR) is 80.6 cm³/mol. The molecule has 0 bridgehead atoms. The van der Waals surface area contributed by atoms with E-state index in [4.69, 9.17) is 0 Å². The summed E-state index contributed by atoms with van der Waals surface area (Å²) in [4.78, 5) is 27.6. The zero-order chi connectivity index (χ0) is 14.7. The standard InChI is InChI=1S/C15H20N4O2/c20-14(18-9-1-6-16-7-10-18)12-2-4-13(5-3-12)19-11-8-17-15(19)21/h2-5,16H,1,6-11H2,(H,17,21). The van der Waals surface area contributed by atoms with Crippen LogP contribution in [-0.4, -0.2) is 56.1 Å². The molecule has 21 heavy (non-hydrogen) atoms. The quantitative estimate of drug-likeness (QED) is 0.840. The van der Waals surface area contributed by atoms with Gasteiger partial charge in [0.15, 0.2) is 0 Å². The van der Waals surface area contributed by atoms with E-state index in [9.17, 15) is 9.59 Å². The minimum Gasteiger partial charge on any atom is -0.337 e. The van der Waals surface area contributed by atoms with E-state index in [1.54, 1.807) is 4.90 Å². The molecule has 1 aromatic carbocycles. The molecule has 2 heterocycles. The number of nitrogens with one attached hydrogen (secondary N) is 2. The Morgan fingerprint density at radius 1 is 1.00 bits per heavy atom. The second-order valence-electron chi connectivity index (χ2n) is 5.33. The molecule has 1 aromatic rings. The van der Waals surface area contributed by atoms with Crippen LogP contribution in [0.4, 0.5) is 10.5 Å². The first kappa shape index (κ1) is 13.9. The van der Waals surface area contributed by atoms with Gasteiger partial charge in [-0.25, -0.2) is 4.79 Å². The van der Waals surface area contributed by atoms with Crippen LogP contribution in [0.15, 0.2) is 24.3 Å². The van der Waals surface area contributed by atoms with Crippen molar-refractivity contribution < 1.29 is 9.59 Å². The highest BCUT2D eigenvalue weighted by Gasteiger charge is 2.22. The summed E-state index contributed by atoms with van der Waals surface area (Å²) >= 11 is 0. The van der Waals surface area contributed by atoms with E-state index in [-0.39, 0.29) is 11.9 Å². The monoisotopic (exact) mass is 288 g/mol. The van der Waals surface area contributed by atoms with Gasteiger partial charge < -0.3 is 15.5 Å². The van der Waals surface area contributed by atoms with Gasteiger partial charge in [-0.1, -0.05) is 0 Å². The maximum atomic E-state index is 12.5. The van der Waals surface area contributed by atoms with E-state index in [1.165, 1.54) is 0 Å². The van der Waals surface area contributed by atoms with Crippen molar-refractivity contribution in [3.05, 3.63) is 29.8 Å². The van der Waals surface area contributed by atoms with Crippen LogP contribution in [-0.2, 0) is 0 Å². The van der Waals surface area contributed by atoms with Gasteiger partial charge in [-0.3, -0.25) is 9.69 Å². The van der Waals surface area contributed by atoms with Crippen molar-refractivity contribution in [2.45, 2.75) is 6.42 Å². The highest BCUT2D eigenvalue weighted by molar-refractivity contribution is 5.97. The van der Waals surface area contributed by atoms with E-state index in [0.717, 1.165) is 38.3 Å². The van der Waals surface area contributed by atoms with E-state index < -0.39 is 0 Å². The molecule has 0 saturated carbocycles. The minimum atomic E-state index is -0.0762. The van der Waals surface area contributed by atoms with Crippen LogP contribution in [0.1, 0.15) is 16.8 Å². The summed E-state index contributed by atoms with van der Waals surface area (Å²) in [6, 6.07) is 7.22.